The Bertz CT molecular complexity index is 2130. The van der Waals surface area contributed by atoms with E-state index in [1.807, 2.05) is 36.4 Å². The number of furan rings is 1. The van der Waals surface area contributed by atoms with Crippen LogP contribution in [0.2, 0.25) is 0 Å². The van der Waals surface area contributed by atoms with Crippen molar-refractivity contribution in [1.82, 2.24) is 4.57 Å². The number of nitrogen functional groups attached to an aromatic ring is 1. The number of fused-ring (bicyclic) bond motifs is 2. The van der Waals surface area contributed by atoms with Gasteiger partial charge >= 0.3 is 0 Å². The molecule has 3 heterocycles. The molecule has 208 valence electrons. The van der Waals surface area contributed by atoms with Gasteiger partial charge < -0.3 is 14.6 Å². The maximum absolute atomic E-state index is 14.1. The first-order valence-corrected chi connectivity index (χ1v) is 14.1. The first kappa shape index (κ1) is 26.7. The Morgan fingerprint density at radius 1 is 0.780 bits per heavy atom. The fourth-order valence-corrected chi connectivity index (χ4v) is 5.63. The Balaban J connectivity index is 1.62. The third-order valence-corrected chi connectivity index (χ3v) is 8.54. The van der Waals surface area contributed by atoms with Crippen molar-refractivity contribution in [2.45, 2.75) is 60.4 Å². The molecule has 0 unspecified atom stereocenters. The number of hydrogen-bond acceptors (Lipinski definition) is 5. The van der Waals surface area contributed by atoms with E-state index in [-0.39, 0.29) is 27.8 Å². The van der Waals surface area contributed by atoms with Crippen LogP contribution < -0.4 is 16.9 Å². The molecule has 2 N–H and O–H groups in total. The maximum atomic E-state index is 14.1. The van der Waals surface area contributed by atoms with Crippen molar-refractivity contribution >= 4 is 49.4 Å². The smallest absolute Gasteiger partial charge is 0.261 e. The van der Waals surface area contributed by atoms with E-state index in [9.17, 15) is 9.59 Å². The summed E-state index contributed by atoms with van der Waals surface area (Å²) in [6.07, 6.45) is 2.99. The number of nitrogens with zero attached hydrogens (tertiary/aromatic N) is 1. The average Bonchev–Trinajstić information content (AvgIpc) is 3.38. The lowest BCUT2D eigenvalue weighted by molar-refractivity contribution is 0.208. The van der Waals surface area contributed by atoms with Gasteiger partial charge in [0.25, 0.3) is 11.1 Å². The Morgan fingerprint density at radius 3 is 2.22 bits per heavy atom. The molecule has 0 aliphatic heterocycles. The Hall–Kier alpha value is -4.50. The first-order chi connectivity index (χ1) is 19.5. The molecule has 6 aromatic rings. The number of nitrogens with two attached hydrogens (primary N) is 1. The van der Waals surface area contributed by atoms with Crippen molar-refractivity contribution in [3.63, 3.8) is 0 Å². The largest absolute Gasteiger partial charge is 0.455 e. The number of rotatable bonds is 6. The molecule has 0 saturated heterocycles. The van der Waals surface area contributed by atoms with Gasteiger partial charge in [-0.2, -0.15) is 0 Å². The van der Waals surface area contributed by atoms with Crippen LogP contribution in [-0.2, 0) is 6.54 Å². The summed E-state index contributed by atoms with van der Waals surface area (Å²) in [6, 6.07) is 16.7. The van der Waals surface area contributed by atoms with E-state index >= 15 is 0 Å². The zero-order chi connectivity index (χ0) is 29.1. The van der Waals surface area contributed by atoms with Gasteiger partial charge in [-0.05, 0) is 59.2 Å². The molecular formula is C35H34N2O4. The highest BCUT2D eigenvalue weighted by Gasteiger charge is 2.27. The van der Waals surface area contributed by atoms with Crippen LogP contribution in [0, 0.1) is 22.7 Å². The van der Waals surface area contributed by atoms with Crippen LogP contribution in [0.1, 0.15) is 65.2 Å². The number of benzene rings is 3. The lowest BCUT2D eigenvalue weighted by Crippen LogP contribution is -2.38. The van der Waals surface area contributed by atoms with Gasteiger partial charge in [0.15, 0.2) is 17.2 Å². The molecule has 0 saturated carbocycles. The minimum atomic E-state index is -0.307. The SMILES string of the molecule is CCC(C)(C)CCC(C)(C)Cn1c(=O)c2ccc3c4ccccc4oc4c(C#Cc5ccc(N)o5)cc(c1=O)c2c43. The second kappa shape index (κ2) is 9.55. The molecule has 6 nitrogen and oxygen atoms in total. The lowest BCUT2D eigenvalue weighted by Gasteiger charge is -2.31. The molecule has 0 spiro atoms. The summed E-state index contributed by atoms with van der Waals surface area (Å²) in [5.74, 6) is 6.85. The van der Waals surface area contributed by atoms with Crippen LogP contribution in [0.4, 0.5) is 5.88 Å². The molecule has 3 aromatic heterocycles. The summed E-state index contributed by atoms with van der Waals surface area (Å²) < 4.78 is 13.3. The molecular weight excluding hydrogens is 512 g/mol. The predicted molar refractivity (Wildman–Crippen MR) is 167 cm³/mol. The Kier molecular flexibility index (Phi) is 6.22. The lowest BCUT2D eigenvalue weighted by atomic mass is 9.77. The molecule has 0 atom stereocenters. The summed E-state index contributed by atoms with van der Waals surface area (Å²) in [5, 5.41) is 4.12. The third kappa shape index (κ3) is 4.66. The Morgan fingerprint density at radius 2 is 1.49 bits per heavy atom. The van der Waals surface area contributed by atoms with E-state index in [1.165, 1.54) is 4.57 Å². The van der Waals surface area contributed by atoms with E-state index in [2.05, 4.69) is 46.5 Å². The maximum Gasteiger partial charge on any atom is 0.261 e. The van der Waals surface area contributed by atoms with Crippen molar-refractivity contribution < 1.29 is 8.83 Å². The summed E-state index contributed by atoms with van der Waals surface area (Å²) in [6.45, 7) is 11.3. The van der Waals surface area contributed by atoms with Crippen molar-refractivity contribution in [1.29, 1.82) is 0 Å². The average molecular weight is 547 g/mol. The highest BCUT2D eigenvalue weighted by atomic mass is 16.3. The fourth-order valence-electron chi connectivity index (χ4n) is 5.63. The first-order valence-electron chi connectivity index (χ1n) is 14.1. The number of aromatic nitrogens is 1. The highest BCUT2D eigenvalue weighted by molar-refractivity contribution is 6.27. The van der Waals surface area contributed by atoms with Gasteiger partial charge in [0.2, 0.25) is 0 Å². The van der Waals surface area contributed by atoms with Gasteiger partial charge in [-0.3, -0.25) is 14.2 Å². The number of anilines is 1. The molecule has 41 heavy (non-hydrogen) atoms. The van der Waals surface area contributed by atoms with Gasteiger partial charge in [0, 0.05) is 34.2 Å². The fraction of sp³-hybridized carbons (Fsp3) is 0.314. The number of pyridine rings is 1. The van der Waals surface area contributed by atoms with Crippen LogP contribution in [0.5, 0.6) is 0 Å². The van der Waals surface area contributed by atoms with Crippen LogP contribution in [0.3, 0.4) is 0 Å². The van der Waals surface area contributed by atoms with E-state index in [0.717, 1.165) is 35.4 Å². The molecule has 6 heteroatoms. The molecule has 0 fully saturated rings. The summed E-state index contributed by atoms with van der Waals surface area (Å²) in [7, 11) is 0. The normalized spacial score (nSPS) is 12.5. The number of hydrogen-bond donors (Lipinski definition) is 1. The molecule has 0 radical (unpaired) electrons. The van der Waals surface area contributed by atoms with Crippen LogP contribution in [0.15, 0.2) is 73.0 Å². The topological polar surface area (TPSA) is 91.4 Å². The van der Waals surface area contributed by atoms with Crippen LogP contribution >= 0.6 is 0 Å². The highest BCUT2D eigenvalue weighted by Crippen LogP contribution is 2.39. The third-order valence-electron chi connectivity index (χ3n) is 8.54. The van der Waals surface area contributed by atoms with E-state index in [0.29, 0.717) is 45.2 Å². The molecule has 0 aliphatic rings. The molecule has 3 aromatic carbocycles. The van der Waals surface area contributed by atoms with Gasteiger partial charge in [0.1, 0.15) is 5.58 Å². The minimum Gasteiger partial charge on any atom is -0.455 e. The van der Waals surface area contributed by atoms with Crippen molar-refractivity contribution in [3.8, 4) is 11.8 Å². The monoisotopic (exact) mass is 546 g/mol. The molecule has 0 amide bonds. The quantitative estimate of drug-likeness (QED) is 0.131. The summed E-state index contributed by atoms with van der Waals surface area (Å²) in [4.78, 5) is 28.1. The van der Waals surface area contributed by atoms with Gasteiger partial charge in [-0.1, -0.05) is 71.2 Å². The molecule has 0 bridgehead atoms. The predicted octanol–water partition coefficient (Wildman–Crippen LogP) is 7.67. The minimum absolute atomic E-state index is 0.203. The van der Waals surface area contributed by atoms with Gasteiger partial charge in [-0.15, -0.1) is 0 Å². The van der Waals surface area contributed by atoms with Crippen molar-refractivity contribution in [2.75, 3.05) is 5.73 Å². The van der Waals surface area contributed by atoms with Gasteiger partial charge in [-0.25, -0.2) is 0 Å². The standard InChI is InChI=1S/C35H34N2O4/c1-6-34(2,3)17-18-35(4,5)20-37-32(38)25-15-14-24-23-9-7-8-10-27(23)41-31-21(11-12-22-13-16-28(36)40-22)19-26(33(37)39)29(25)30(24)31/h7-10,13-16,19H,6,17-18,20,36H2,1-5H3. The Labute approximate surface area is 238 Å². The zero-order valence-corrected chi connectivity index (χ0v) is 24.2. The number of para-hydroxylation sites is 1. The van der Waals surface area contributed by atoms with Crippen LogP contribution in [-0.4, -0.2) is 4.57 Å². The van der Waals surface area contributed by atoms with Crippen molar-refractivity contribution in [3.05, 3.63) is 86.6 Å². The van der Waals surface area contributed by atoms with E-state index in [1.54, 1.807) is 18.2 Å². The zero-order valence-electron chi connectivity index (χ0n) is 24.2. The van der Waals surface area contributed by atoms with Crippen LogP contribution in [0.25, 0.3) is 43.5 Å². The second-order valence-corrected chi connectivity index (χ2v) is 12.6. The summed E-state index contributed by atoms with van der Waals surface area (Å²) in [5.41, 5.74) is 6.88. The van der Waals surface area contributed by atoms with E-state index < -0.39 is 0 Å². The molecule has 6 rings (SSSR count). The van der Waals surface area contributed by atoms with Gasteiger partial charge in [0.05, 0.1) is 10.9 Å². The van der Waals surface area contributed by atoms with Crippen molar-refractivity contribution in [2.24, 2.45) is 10.8 Å². The molecule has 0 aliphatic carbocycles. The summed E-state index contributed by atoms with van der Waals surface area (Å²) >= 11 is 0. The second-order valence-electron chi connectivity index (χ2n) is 12.6. The van der Waals surface area contributed by atoms with E-state index in [4.69, 9.17) is 14.6 Å².